The van der Waals surface area contributed by atoms with Crippen LogP contribution in [0, 0.1) is 5.92 Å². The first-order chi connectivity index (χ1) is 8.15. The highest BCUT2D eigenvalue weighted by atomic mass is 16.5. The quantitative estimate of drug-likeness (QED) is 0.712. The number of rotatable bonds is 6. The van der Waals surface area contributed by atoms with E-state index in [0.717, 1.165) is 6.54 Å². The highest BCUT2D eigenvalue weighted by Gasteiger charge is 2.19. The van der Waals surface area contributed by atoms with Crippen LogP contribution in [0.3, 0.4) is 0 Å². The Morgan fingerprint density at radius 3 is 2.94 bits per heavy atom. The number of piperidine rings is 1. The van der Waals surface area contributed by atoms with Crippen molar-refractivity contribution in [3.05, 3.63) is 0 Å². The van der Waals surface area contributed by atoms with Crippen molar-refractivity contribution in [2.45, 2.75) is 39.2 Å². The second-order valence-corrected chi connectivity index (χ2v) is 4.94. The van der Waals surface area contributed by atoms with Crippen molar-refractivity contribution in [2.75, 3.05) is 33.3 Å². The second-order valence-electron chi connectivity index (χ2n) is 4.94. The number of nitrogens with zero attached hydrogens (tertiary/aromatic N) is 1. The van der Waals surface area contributed by atoms with E-state index in [4.69, 9.17) is 4.74 Å². The second kappa shape index (κ2) is 7.67. The Kier molecular flexibility index (Phi) is 6.52. The average Bonchev–Trinajstić information content (AvgIpc) is 2.31. The number of carbonyl (C=O) groups excluding carboxylic acids is 1. The molecule has 1 heterocycles. The first-order valence-electron chi connectivity index (χ1n) is 6.72. The molecule has 4 nitrogen and oxygen atoms in total. The van der Waals surface area contributed by atoms with Crippen molar-refractivity contribution < 1.29 is 9.53 Å². The number of likely N-dealkylation sites (N-methyl/N-ethyl adjacent to an activating group) is 1. The van der Waals surface area contributed by atoms with E-state index in [-0.39, 0.29) is 11.9 Å². The van der Waals surface area contributed by atoms with Crippen molar-refractivity contribution in [2.24, 2.45) is 5.92 Å². The number of hydrogen-bond acceptors (Lipinski definition) is 4. The first kappa shape index (κ1) is 14.5. The van der Waals surface area contributed by atoms with Crippen molar-refractivity contribution in [3.63, 3.8) is 0 Å². The molecule has 0 saturated carbocycles. The highest BCUT2D eigenvalue weighted by Crippen LogP contribution is 2.14. The fourth-order valence-corrected chi connectivity index (χ4v) is 2.24. The maximum Gasteiger partial charge on any atom is 0.309 e. The van der Waals surface area contributed by atoms with Gasteiger partial charge < -0.3 is 15.0 Å². The summed E-state index contributed by atoms with van der Waals surface area (Å²) >= 11 is 0. The van der Waals surface area contributed by atoms with E-state index in [0.29, 0.717) is 19.2 Å². The Balaban J connectivity index is 2.15. The average molecular weight is 242 g/mol. The van der Waals surface area contributed by atoms with Crippen LogP contribution in [-0.4, -0.2) is 50.2 Å². The lowest BCUT2D eigenvalue weighted by Crippen LogP contribution is -2.44. The van der Waals surface area contributed by atoms with E-state index < -0.39 is 0 Å². The van der Waals surface area contributed by atoms with Crippen LogP contribution in [0.4, 0.5) is 0 Å². The third kappa shape index (κ3) is 5.04. The molecule has 2 atom stereocenters. The molecule has 0 spiro atoms. The van der Waals surface area contributed by atoms with Crippen LogP contribution >= 0.6 is 0 Å². The molecule has 1 fully saturated rings. The van der Waals surface area contributed by atoms with Crippen LogP contribution in [0.2, 0.25) is 0 Å². The summed E-state index contributed by atoms with van der Waals surface area (Å²) in [5.41, 5.74) is 0. The minimum Gasteiger partial charge on any atom is -0.466 e. The Labute approximate surface area is 105 Å². The minimum atomic E-state index is -0.100. The molecule has 0 radical (unpaired) electrons. The van der Waals surface area contributed by atoms with Gasteiger partial charge in [-0.25, -0.2) is 0 Å². The van der Waals surface area contributed by atoms with Crippen molar-refractivity contribution in [1.82, 2.24) is 10.2 Å². The zero-order valence-electron chi connectivity index (χ0n) is 11.4. The fourth-order valence-electron chi connectivity index (χ4n) is 2.24. The fraction of sp³-hybridized carbons (Fsp3) is 0.923. The Hall–Kier alpha value is -0.610. The zero-order chi connectivity index (χ0) is 12.7. The molecule has 1 saturated heterocycles. The van der Waals surface area contributed by atoms with Crippen LogP contribution in [0.15, 0.2) is 0 Å². The van der Waals surface area contributed by atoms with Gasteiger partial charge in [0, 0.05) is 19.1 Å². The molecule has 0 aromatic carbocycles. The third-order valence-corrected chi connectivity index (χ3v) is 3.44. The minimum absolute atomic E-state index is 0.0520. The summed E-state index contributed by atoms with van der Waals surface area (Å²) in [5, 5.41) is 3.38. The van der Waals surface area contributed by atoms with Gasteiger partial charge in [0.25, 0.3) is 0 Å². The van der Waals surface area contributed by atoms with E-state index >= 15 is 0 Å². The van der Waals surface area contributed by atoms with Gasteiger partial charge in [0.05, 0.1) is 12.5 Å². The molecule has 0 bridgehead atoms. The maximum atomic E-state index is 11.4. The number of ether oxygens (including phenoxy) is 1. The number of carbonyl (C=O) groups is 1. The van der Waals surface area contributed by atoms with Crippen LogP contribution in [0.25, 0.3) is 0 Å². The number of hydrogen-bond donors (Lipinski definition) is 1. The number of nitrogens with one attached hydrogen (secondary N) is 1. The monoisotopic (exact) mass is 242 g/mol. The lowest BCUT2D eigenvalue weighted by atomic mass is 10.0. The van der Waals surface area contributed by atoms with Gasteiger partial charge in [-0.1, -0.05) is 13.3 Å². The summed E-state index contributed by atoms with van der Waals surface area (Å²) in [7, 11) is 2.18. The predicted molar refractivity (Wildman–Crippen MR) is 68.9 cm³/mol. The van der Waals surface area contributed by atoms with Crippen molar-refractivity contribution >= 4 is 5.97 Å². The number of esters is 1. The largest absolute Gasteiger partial charge is 0.466 e. The molecule has 0 aromatic rings. The maximum absolute atomic E-state index is 11.4. The molecule has 0 aromatic heterocycles. The van der Waals surface area contributed by atoms with Gasteiger partial charge in [0.2, 0.25) is 0 Å². The normalized spacial score (nSPS) is 23.4. The molecule has 100 valence electrons. The zero-order valence-corrected chi connectivity index (χ0v) is 11.4. The van der Waals surface area contributed by atoms with E-state index in [9.17, 15) is 4.79 Å². The molecular formula is C13H26N2O2. The highest BCUT2D eigenvalue weighted by molar-refractivity contribution is 5.72. The first-order valence-corrected chi connectivity index (χ1v) is 6.72. The predicted octanol–water partition coefficient (Wildman–Crippen LogP) is 1.26. The molecule has 0 aliphatic carbocycles. The summed E-state index contributed by atoms with van der Waals surface area (Å²) in [6.07, 6.45) is 3.90. The lowest BCUT2D eigenvalue weighted by molar-refractivity contribution is -0.147. The van der Waals surface area contributed by atoms with E-state index in [1.165, 1.54) is 25.8 Å². The molecule has 1 N–H and O–H groups in total. The lowest BCUT2D eigenvalue weighted by Gasteiger charge is -2.32. The van der Waals surface area contributed by atoms with Gasteiger partial charge in [-0.05, 0) is 33.4 Å². The molecule has 0 amide bonds. The summed E-state index contributed by atoms with van der Waals surface area (Å²) < 4.78 is 4.98. The number of likely N-dealkylation sites (tertiary alicyclic amines) is 1. The Morgan fingerprint density at radius 2 is 2.29 bits per heavy atom. The SMILES string of the molecule is CCOC(=O)C(C)CNCC1CCCCN1C. The van der Waals surface area contributed by atoms with Gasteiger partial charge in [-0.15, -0.1) is 0 Å². The summed E-state index contributed by atoms with van der Waals surface area (Å²) in [4.78, 5) is 13.8. The van der Waals surface area contributed by atoms with Gasteiger partial charge in [0.15, 0.2) is 0 Å². The van der Waals surface area contributed by atoms with E-state index in [1.54, 1.807) is 0 Å². The van der Waals surface area contributed by atoms with Crippen LogP contribution in [-0.2, 0) is 9.53 Å². The molecule has 4 heteroatoms. The summed E-state index contributed by atoms with van der Waals surface area (Å²) in [6, 6.07) is 0.623. The van der Waals surface area contributed by atoms with E-state index in [2.05, 4.69) is 17.3 Å². The van der Waals surface area contributed by atoms with Crippen LogP contribution < -0.4 is 5.32 Å². The summed E-state index contributed by atoms with van der Waals surface area (Å²) in [5.74, 6) is -0.152. The van der Waals surface area contributed by atoms with Crippen molar-refractivity contribution in [1.29, 1.82) is 0 Å². The van der Waals surface area contributed by atoms with Crippen LogP contribution in [0.5, 0.6) is 0 Å². The van der Waals surface area contributed by atoms with Crippen LogP contribution in [0.1, 0.15) is 33.1 Å². The molecule has 2 unspecified atom stereocenters. The molecule has 1 aliphatic heterocycles. The van der Waals surface area contributed by atoms with Gasteiger partial charge in [-0.2, -0.15) is 0 Å². The molecule has 1 aliphatic rings. The molecule has 17 heavy (non-hydrogen) atoms. The topological polar surface area (TPSA) is 41.6 Å². The van der Waals surface area contributed by atoms with Gasteiger partial charge in [-0.3, -0.25) is 4.79 Å². The molecular weight excluding hydrogens is 216 g/mol. The standard InChI is InChI=1S/C13H26N2O2/c1-4-17-13(16)11(2)9-14-10-12-7-5-6-8-15(12)3/h11-12,14H,4-10H2,1-3H3. The van der Waals surface area contributed by atoms with E-state index in [1.807, 2.05) is 13.8 Å². The Morgan fingerprint density at radius 1 is 1.53 bits per heavy atom. The van der Waals surface area contributed by atoms with Crippen molar-refractivity contribution in [3.8, 4) is 0 Å². The Bertz CT molecular complexity index is 233. The van der Waals surface area contributed by atoms with Gasteiger partial charge >= 0.3 is 5.97 Å². The van der Waals surface area contributed by atoms with Gasteiger partial charge in [0.1, 0.15) is 0 Å². The smallest absolute Gasteiger partial charge is 0.309 e. The third-order valence-electron chi connectivity index (χ3n) is 3.44. The summed E-state index contributed by atoms with van der Waals surface area (Å²) in [6.45, 7) is 7.10. The molecule has 1 rings (SSSR count).